The average molecular weight is 252 g/mol. The summed E-state index contributed by atoms with van der Waals surface area (Å²) in [7, 11) is 0. The number of halogens is 3. The smallest absolute Gasteiger partial charge is 0.346 e. The molecule has 17 heavy (non-hydrogen) atoms. The van der Waals surface area contributed by atoms with E-state index in [1.165, 1.54) is 6.92 Å². The summed E-state index contributed by atoms with van der Waals surface area (Å²) in [5.74, 6) is -0.425. The Hall–Kier alpha value is -1.64. The number of hydrogen-bond donors (Lipinski definition) is 2. The molecule has 1 unspecified atom stereocenters. The van der Waals surface area contributed by atoms with Gasteiger partial charge in [-0.15, -0.1) is 0 Å². The van der Waals surface area contributed by atoms with Gasteiger partial charge >= 0.3 is 6.18 Å². The Morgan fingerprint density at radius 2 is 2.29 bits per heavy atom. The van der Waals surface area contributed by atoms with Gasteiger partial charge in [-0.2, -0.15) is 18.2 Å². The number of nitrogens with one attached hydrogen (secondary N) is 2. The number of hydrogen-bond acceptors (Lipinski definition) is 5. The molecular weight excluding hydrogens is 241 g/mol. The fourth-order valence-electron chi connectivity index (χ4n) is 0.948. The molecule has 0 aliphatic heterocycles. The first-order valence-electron chi connectivity index (χ1n) is 4.71. The van der Waals surface area contributed by atoms with Crippen LogP contribution in [0.5, 0.6) is 0 Å². The average Bonchev–Trinajstić information content (AvgIpc) is 2.74. The van der Waals surface area contributed by atoms with Crippen LogP contribution in [0.4, 0.5) is 13.2 Å². The lowest BCUT2D eigenvalue weighted by Crippen LogP contribution is -2.45. The third-order valence-electron chi connectivity index (χ3n) is 1.83. The van der Waals surface area contributed by atoms with Crippen molar-refractivity contribution in [1.29, 1.82) is 0 Å². The van der Waals surface area contributed by atoms with Crippen LogP contribution in [0.3, 0.4) is 0 Å². The van der Waals surface area contributed by atoms with Gasteiger partial charge in [0.15, 0.2) is 5.82 Å². The molecule has 0 radical (unpaired) electrons. The zero-order chi connectivity index (χ0) is 12.9. The highest BCUT2D eigenvalue weighted by Crippen LogP contribution is 2.12. The number of rotatable bonds is 5. The zero-order valence-electron chi connectivity index (χ0n) is 8.91. The number of carbonyl (C=O) groups is 1. The van der Waals surface area contributed by atoms with E-state index in [-0.39, 0.29) is 6.54 Å². The maximum Gasteiger partial charge on any atom is 0.405 e. The lowest BCUT2D eigenvalue weighted by Gasteiger charge is -2.13. The number of aromatic nitrogens is 2. The highest BCUT2D eigenvalue weighted by molar-refractivity contribution is 5.81. The van der Waals surface area contributed by atoms with Crippen LogP contribution in [0.15, 0.2) is 10.9 Å². The van der Waals surface area contributed by atoms with E-state index in [2.05, 4.69) is 20.0 Å². The largest absolute Gasteiger partial charge is 0.405 e. The first-order chi connectivity index (χ1) is 7.88. The minimum Gasteiger partial charge on any atom is -0.346 e. The lowest BCUT2D eigenvalue weighted by atomic mass is 10.3. The molecule has 0 spiro atoms. The second-order valence-corrected chi connectivity index (χ2v) is 3.28. The van der Waals surface area contributed by atoms with Crippen LogP contribution in [0.1, 0.15) is 12.7 Å². The van der Waals surface area contributed by atoms with Crippen LogP contribution in [0, 0.1) is 0 Å². The molecule has 1 aromatic heterocycles. The van der Waals surface area contributed by atoms with Crippen molar-refractivity contribution in [3.05, 3.63) is 12.2 Å². The summed E-state index contributed by atoms with van der Waals surface area (Å²) in [5, 5.41) is 7.89. The molecule has 0 aromatic carbocycles. The van der Waals surface area contributed by atoms with Crippen LogP contribution in [0.25, 0.3) is 0 Å². The molecule has 9 heteroatoms. The highest BCUT2D eigenvalue weighted by Gasteiger charge is 2.28. The zero-order valence-corrected chi connectivity index (χ0v) is 8.91. The topological polar surface area (TPSA) is 80.1 Å². The van der Waals surface area contributed by atoms with E-state index in [9.17, 15) is 18.0 Å². The van der Waals surface area contributed by atoms with Crippen molar-refractivity contribution in [3.8, 4) is 0 Å². The first kappa shape index (κ1) is 13.4. The van der Waals surface area contributed by atoms with Crippen LogP contribution >= 0.6 is 0 Å². The van der Waals surface area contributed by atoms with Gasteiger partial charge in [-0.1, -0.05) is 5.16 Å². The SMILES string of the molecule is CC(NCc1ncon1)C(=O)NCC(F)(F)F. The Balaban J connectivity index is 2.27. The minimum atomic E-state index is -4.41. The van der Waals surface area contributed by atoms with Gasteiger partial charge in [-0.25, -0.2) is 0 Å². The van der Waals surface area contributed by atoms with Crippen molar-refractivity contribution in [2.45, 2.75) is 25.7 Å². The van der Waals surface area contributed by atoms with Crippen molar-refractivity contribution in [2.75, 3.05) is 6.54 Å². The molecule has 2 N–H and O–H groups in total. The molecule has 0 bridgehead atoms. The molecule has 0 saturated carbocycles. The highest BCUT2D eigenvalue weighted by atomic mass is 19.4. The van der Waals surface area contributed by atoms with Crippen LogP contribution < -0.4 is 10.6 Å². The van der Waals surface area contributed by atoms with E-state index in [1.807, 2.05) is 0 Å². The van der Waals surface area contributed by atoms with Gasteiger partial charge in [-0.05, 0) is 6.92 Å². The Bertz CT molecular complexity index is 352. The number of nitrogens with zero attached hydrogens (tertiary/aromatic N) is 2. The Morgan fingerprint density at radius 1 is 1.59 bits per heavy atom. The number of carbonyl (C=O) groups excluding carboxylic acids is 1. The summed E-state index contributed by atoms with van der Waals surface area (Å²) in [5.41, 5.74) is 0. The Labute approximate surface area is 94.6 Å². The molecule has 1 amide bonds. The van der Waals surface area contributed by atoms with Crippen LogP contribution in [-0.4, -0.2) is 34.8 Å². The molecule has 1 aromatic rings. The van der Waals surface area contributed by atoms with Crippen molar-refractivity contribution < 1.29 is 22.5 Å². The molecule has 96 valence electrons. The quantitative estimate of drug-likeness (QED) is 0.784. The van der Waals surface area contributed by atoms with E-state index >= 15 is 0 Å². The second-order valence-electron chi connectivity index (χ2n) is 3.28. The van der Waals surface area contributed by atoms with E-state index in [4.69, 9.17) is 0 Å². The molecule has 0 aliphatic rings. The van der Waals surface area contributed by atoms with Crippen molar-refractivity contribution in [2.24, 2.45) is 0 Å². The van der Waals surface area contributed by atoms with Crippen LogP contribution in [-0.2, 0) is 11.3 Å². The molecular formula is C8H11F3N4O2. The molecule has 1 atom stereocenters. The summed E-state index contributed by atoms with van der Waals surface area (Å²) >= 11 is 0. The van der Waals surface area contributed by atoms with Gasteiger partial charge in [-0.3, -0.25) is 10.1 Å². The number of alkyl halides is 3. The maximum atomic E-state index is 11.8. The van der Waals surface area contributed by atoms with Gasteiger partial charge in [0.25, 0.3) is 0 Å². The van der Waals surface area contributed by atoms with Crippen molar-refractivity contribution in [1.82, 2.24) is 20.8 Å². The normalized spacial score (nSPS) is 13.4. The van der Waals surface area contributed by atoms with Gasteiger partial charge in [0, 0.05) is 0 Å². The molecule has 0 aliphatic carbocycles. The predicted molar refractivity (Wildman–Crippen MR) is 49.7 cm³/mol. The van der Waals surface area contributed by atoms with E-state index in [0.29, 0.717) is 5.82 Å². The van der Waals surface area contributed by atoms with E-state index < -0.39 is 24.7 Å². The van der Waals surface area contributed by atoms with E-state index in [0.717, 1.165) is 6.39 Å². The predicted octanol–water partition coefficient (Wildman–Crippen LogP) is 0.226. The summed E-state index contributed by atoms with van der Waals surface area (Å²) in [6.07, 6.45) is -3.30. The molecule has 0 fully saturated rings. The van der Waals surface area contributed by atoms with Crippen LogP contribution in [0.2, 0.25) is 0 Å². The van der Waals surface area contributed by atoms with Gasteiger partial charge in [0.05, 0.1) is 12.6 Å². The minimum absolute atomic E-state index is 0.136. The first-order valence-corrected chi connectivity index (χ1v) is 4.71. The molecule has 6 nitrogen and oxygen atoms in total. The summed E-state index contributed by atoms with van der Waals surface area (Å²) < 4.78 is 39.9. The molecule has 0 saturated heterocycles. The Kier molecular flexibility index (Phi) is 4.44. The standard InChI is InChI=1S/C8H11F3N4O2/c1-5(7(16)13-3-8(9,10)11)12-2-6-14-4-17-15-6/h4-5,12H,2-3H2,1H3,(H,13,16). The van der Waals surface area contributed by atoms with Gasteiger partial charge < -0.3 is 9.84 Å². The third kappa shape index (κ3) is 5.29. The lowest BCUT2D eigenvalue weighted by molar-refractivity contribution is -0.139. The third-order valence-corrected chi connectivity index (χ3v) is 1.83. The summed E-state index contributed by atoms with van der Waals surface area (Å²) in [4.78, 5) is 14.9. The summed E-state index contributed by atoms with van der Waals surface area (Å²) in [6.45, 7) is 0.225. The number of amides is 1. The van der Waals surface area contributed by atoms with E-state index in [1.54, 1.807) is 5.32 Å². The second kappa shape index (κ2) is 5.62. The summed E-state index contributed by atoms with van der Waals surface area (Å²) in [6, 6.07) is -0.782. The van der Waals surface area contributed by atoms with Crippen molar-refractivity contribution >= 4 is 5.91 Å². The Morgan fingerprint density at radius 3 is 2.82 bits per heavy atom. The molecule has 1 rings (SSSR count). The molecule has 1 heterocycles. The fraction of sp³-hybridized carbons (Fsp3) is 0.625. The van der Waals surface area contributed by atoms with Gasteiger partial charge in [0.2, 0.25) is 12.3 Å². The fourth-order valence-corrected chi connectivity index (χ4v) is 0.948. The van der Waals surface area contributed by atoms with Gasteiger partial charge in [0.1, 0.15) is 6.54 Å². The van der Waals surface area contributed by atoms with Crippen molar-refractivity contribution in [3.63, 3.8) is 0 Å². The maximum absolute atomic E-state index is 11.8. The monoisotopic (exact) mass is 252 g/mol.